The number of piperazine rings is 1. The van der Waals surface area contributed by atoms with Crippen LogP contribution in [0.4, 0.5) is 4.39 Å². The van der Waals surface area contributed by atoms with Crippen molar-refractivity contribution >= 4 is 27.5 Å². The fourth-order valence-corrected chi connectivity index (χ4v) is 5.36. The third-order valence-electron chi connectivity index (χ3n) is 6.09. The highest BCUT2D eigenvalue weighted by atomic mass is 32.1. The van der Waals surface area contributed by atoms with E-state index in [1.165, 1.54) is 22.6 Å². The van der Waals surface area contributed by atoms with Gasteiger partial charge in [0, 0.05) is 44.1 Å². The SMILES string of the molecule is Cc1cc2c(cc(C(=O)N3CCN(Cc4ccccc4)CC3)n2Cc2ccc(F)cc2)s1. The summed E-state index contributed by atoms with van der Waals surface area (Å²) in [5.41, 5.74) is 4.07. The summed E-state index contributed by atoms with van der Waals surface area (Å²) in [7, 11) is 0. The first-order valence-corrected chi connectivity index (χ1v) is 11.8. The monoisotopic (exact) mass is 447 g/mol. The Bertz CT molecular complexity index is 1220. The standard InChI is InChI=1S/C26H26FN3OS/c1-19-15-23-25(32-19)16-24(30(23)18-21-7-9-22(27)10-8-21)26(31)29-13-11-28(12-14-29)17-20-5-3-2-4-6-20/h2-10,15-16H,11-14,17-18H2,1H3. The van der Waals surface area contributed by atoms with Gasteiger partial charge in [-0.25, -0.2) is 4.39 Å². The van der Waals surface area contributed by atoms with Crippen LogP contribution in [0.1, 0.15) is 26.5 Å². The number of fused-ring (bicyclic) bond motifs is 1. The second-order valence-corrected chi connectivity index (χ2v) is 9.69. The van der Waals surface area contributed by atoms with Crippen LogP contribution in [0.15, 0.2) is 66.7 Å². The molecule has 1 amide bonds. The summed E-state index contributed by atoms with van der Waals surface area (Å²) in [5, 5.41) is 0. The first-order chi connectivity index (χ1) is 15.6. The highest BCUT2D eigenvalue weighted by Gasteiger charge is 2.26. The zero-order valence-corrected chi connectivity index (χ0v) is 18.9. The molecule has 2 aromatic heterocycles. The lowest BCUT2D eigenvalue weighted by molar-refractivity contribution is 0.0619. The Kier molecular flexibility index (Phi) is 5.81. The van der Waals surface area contributed by atoms with E-state index in [1.807, 2.05) is 17.0 Å². The summed E-state index contributed by atoms with van der Waals surface area (Å²) in [6.07, 6.45) is 0. The normalized spacial score (nSPS) is 14.9. The molecule has 0 bridgehead atoms. The van der Waals surface area contributed by atoms with Gasteiger partial charge in [0.15, 0.2) is 0 Å². The van der Waals surface area contributed by atoms with Gasteiger partial charge >= 0.3 is 0 Å². The fraction of sp³-hybridized carbons (Fsp3) is 0.269. The second kappa shape index (κ2) is 8.88. The lowest BCUT2D eigenvalue weighted by Crippen LogP contribution is -2.48. The number of rotatable bonds is 5. The van der Waals surface area contributed by atoms with E-state index in [2.05, 4.69) is 46.7 Å². The molecule has 0 unspecified atom stereocenters. The molecule has 3 heterocycles. The minimum atomic E-state index is -0.248. The van der Waals surface area contributed by atoms with Gasteiger partial charge < -0.3 is 9.47 Å². The van der Waals surface area contributed by atoms with Gasteiger partial charge in [0.25, 0.3) is 5.91 Å². The topological polar surface area (TPSA) is 28.5 Å². The highest BCUT2D eigenvalue weighted by Crippen LogP contribution is 2.30. The van der Waals surface area contributed by atoms with Crippen molar-refractivity contribution in [2.45, 2.75) is 20.0 Å². The number of carbonyl (C=O) groups excluding carboxylic acids is 1. The Hall–Kier alpha value is -2.96. The fourth-order valence-electron chi connectivity index (χ4n) is 4.40. The molecule has 0 radical (unpaired) electrons. The van der Waals surface area contributed by atoms with E-state index in [4.69, 9.17) is 0 Å². The maximum atomic E-state index is 13.5. The molecule has 0 saturated carbocycles. The van der Waals surface area contributed by atoms with E-state index < -0.39 is 0 Å². The van der Waals surface area contributed by atoms with Crippen LogP contribution in [0.3, 0.4) is 0 Å². The molecule has 32 heavy (non-hydrogen) atoms. The number of hydrogen-bond donors (Lipinski definition) is 0. The average Bonchev–Trinajstić information content (AvgIpc) is 3.33. The Morgan fingerprint density at radius 2 is 1.59 bits per heavy atom. The number of aromatic nitrogens is 1. The predicted molar refractivity (Wildman–Crippen MR) is 128 cm³/mol. The Morgan fingerprint density at radius 1 is 0.906 bits per heavy atom. The van der Waals surface area contributed by atoms with Crippen molar-refractivity contribution in [3.05, 3.63) is 94.2 Å². The molecule has 2 aromatic carbocycles. The van der Waals surface area contributed by atoms with Crippen molar-refractivity contribution < 1.29 is 9.18 Å². The highest BCUT2D eigenvalue weighted by molar-refractivity contribution is 7.19. The summed E-state index contributed by atoms with van der Waals surface area (Å²) >= 11 is 1.71. The number of benzene rings is 2. The number of nitrogens with zero attached hydrogens (tertiary/aromatic N) is 3. The van der Waals surface area contributed by atoms with Gasteiger partial charge in [-0.15, -0.1) is 11.3 Å². The van der Waals surface area contributed by atoms with Gasteiger partial charge in [-0.05, 0) is 42.3 Å². The zero-order valence-electron chi connectivity index (χ0n) is 18.1. The minimum Gasteiger partial charge on any atom is -0.335 e. The lowest BCUT2D eigenvalue weighted by atomic mass is 10.2. The van der Waals surface area contributed by atoms with E-state index in [1.54, 1.807) is 23.5 Å². The van der Waals surface area contributed by atoms with Gasteiger partial charge in [0.1, 0.15) is 11.5 Å². The summed E-state index contributed by atoms with van der Waals surface area (Å²) in [4.78, 5) is 19.1. The van der Waals surface area contributed by atoms with Crippen molar-refractivity contribution in [3.63, 3.8) is 0 Å². The third-order valence-corrected chi connectivity index (χ3v) is 7.08. The van der Waals surface area contributed by atoms with E-state index in [0.717, 1.165) is 48.5 Å². The third kappa shape index (κ3) is 4.33. The van der Waals surface area contributed by atoms with E-state index in [-0.39, 0.29) is 11.7 Å². The molecule has 1 saturated heterocycles. The summed E-state index contributed by atoms with van der Waals surface area (Å²) in [6, 6.07) is 21.2. The van der Waals surface area contributed by atoms with Gasteiger partial charge in [-0.2, -0.15) is 0 Å². The first kappa shape index (κ1) is 20.9. The molecule has 4 aromatic rings. The van der Waals surface area contributed by atoms with Crippen LogP contribution >= 0.6 is 11.3 Å². The molecular weight excluding hydrogens is 421 g/mol. The zero-order chi connectivity index (χ0) is 22.1. The number of thiophene rings is 1. The smallest absolute Gasteiger partial charge is 0.270 e. The quantitative estimate of drug-likeness (QED) is 0.423. The number of aryl methyl sites for hydroxylation is 1. The molecule has 0 aliphatic carbocycles. The summed E-state index contributed by atoms with van der Waals surface area (Å²) in [5.74, 6) is -0.171. The lowest BCUT2D eigenvalue weighted by Gasteiger charge is -2.35. The van der Waals surface area contributed by atoms with E-state index in [0.29, 0.717) is 12.2 Å². The predicted octanol–water partition coefficient (Wildman–Crippen LogP) is 5.16. The van der Waals surface area contributed by atoms with Crippen LogP contribution in [-0.2, 0) is 13.1 Å². The molecule has 5 rings (SSSR count). The molecule has 0 N–H and O–H groups in total. The van der Waals surface area contributed by atoms with Crippen LogP contribution in [0, 0.1) is 12.7 Å². The Balaban J connectivity index is 1.34. The second-order valence-electron chi connectivity index (χ2n) is 8.40. The number of halogens is 1. The first-order valence-electron chi connectivity index (χ1n) is 11.0. The van der Waals surface area contributed by atoms with Crippen molar-refractivity contribution in [1.29, 1.82) is 0 Å². The molecular formula is C26H26FN3OS. The number of hydrogen-bond acceptors (Lipinski definition) is 3. The summed E-state index contributed by atoms with van der Waals surface area (Å²) < 4.78 is 16.6. The van der Waals surface area contributed by atoms with Crippen molar-refractivity contribution in [2.24, 2.45) is 0 Å². The number of carbonyl (C=O) groups is 1. The van der Waals surface area contributed by atoms with Gasteiger partial charge in [-0.1, -0.05) is 42.5 Å². The van der Waals surface area contributed by atoms with Gasteiger partial charge in [0.2, 0.25) is 0 Å². The van der Waals surface area contributed by atoms with Crippen LogP contribution in [0.25, 0.3) is 10.2 Å². The maximum Gasteiger partial charge on any atom is 0.270 e. The molecule has 1 aliphatic heterocycles. The largest absolute Gasteiger partial charge is 0.335 e. The Morgan fingerprint density at radius 3 is 2.31 bits per heavy atom. The van der Waals surface area contributed by atoms with Gasteiger partial charge in [0.05, 0.1) is 10.2 Å². The van der Waals surface area contributed by atoms with Crippen molar-refractivity contribution in [1.82, 2.24) is 14.4 Å². The molecule has 164 valence electrons. The molecule has 0 atom stereocenters. The number of amides is 1. The minimum absolute atomic E-state index is 0.0764. The molecule has 1 aliphatic rings. The molecule has 1 fully saturated rings. The van der Waals surface area contributed by atoms with Gasteiger partial charge in [-0.3, -0.25) is 9.69 Å². The van der Waals surface area contributed by atoms with Crippen molar-refractivity contribution in [2.75, 3.05) is 26.2 Å². The van der Waals surface area contributed by atoms with Crippen LogP contribution in [0.2, 0.25) is 0 Å². The molecule has 4 nitrogen and oxygen atoms in total. The molecule has 0 spiro atoms. The Labute approximate surface area is 191 Å². The average molecular weight is 448 g/mol. The van der Waals surface area contributed by atoms with Crippen LogP contribution in [-0.4, -0.2) is 46.5 Å². The van der Waals surface area contributed by atoms with E-state index >= 15 is 0 Å². The van der Waals surface area contributed by atoms with Crippen molar-refractivity contribution in [3.8, 4) is 0 Å². The van der Waals surface area contributed by atoms with Crippen LogP contribution in [0.5, 0.6) is 0 Å². The summed E-state index contributed by atoms with van der Waals surface area (Å²) in [6.45, 7) is 6.73. The van der Waals surface area contributed by atoms with Crippen LogP contribution < -0.4 is 0 Å². The molecule has 6 heteroatoms. The maximum absolute atomic E-state index is 13.5. The van der Waals surface area contributed by atoms with E-state index in [9.17, 15) is 9.18 Å².